The second kappa shape index (κ2) is 13.9. The van der Waals surface area contributed by atoms with Crippen LogP contribution < -0.4 is 0 Å². The van der Waals surface area contributed by atoms with E-state index in [2.05, 4.69) is 0 Å². The van der Waals surface area contributed by atoms with Crippen LogP contribution in [0.5, 0.6) is 0 Å². The summed E-state index contributed by atoms with van der Waals surface area (Å²) in [6.45, 7) is -2.25. The van der Waals surface area contributed by atoms with Gasteiger partial charge in [0.25, 0.3) is 0 Å². The average molecular weight is 374 g/mol. The summed E-state index contributed by atoms with van der Waals surface area (Å²) in [5.41, 5.74) is 0. The molecule has 0 aromatic rings. The molecule has 0 aliphatic rings. The molecule has 0 aliphatic carbocycles. The van der Waals surface area contributed by atoms with Crippen LogP contribution in [0, 0.1) is 0 Å². The number of rotatable bonds is 11. The van der Waals surface area contributed by atoms with Crippen molar-refractivity contribution in [3.63, 3.8) is 0 Å². The predicted molar refractivity (Wildman–Crippen MR) is 69.2 cm³/mol. The van der Waals surface area contributed by atoms with Crippen LogP contribution in [0.25, 0.3) is 0 Å². The molecule has 0 rings (SSSR count). The Morgan fingerprint density at radius 1 is 0.591 bits per heavy atom. The maximum atomic E-state index is 10.6. The molecule has 0 saturated carbocycles. The molecule has 0 aromatic carbocycles. The third-order valence-corrected chi connectivity index (χ3v) is 2.17. The quantitative estimate of drug-likeness (QED) is 0.286. The topological polar surface area (TPSA) is 156 Å². The van der Waals surface area contributed by atoms with Gasteiger partial charge >= 0.3 is 23.9 Å². The van der Waals surface area contributed by atoms with Crippen LogP contribution in [0.15, 0.2) is 0 Å². The SMILES string of the molecule is O=C(O)CN(CCN(CC(=O)O)CC(=O)O)CC(=O)O.[Co].[Na]. The molecule has 2 radical (unpaired) electrons. The number of carboxylic acid groups (broad SMARTS) is 4. The molecule has 0 bridgehead atoms. The normalized spacial score (nSPS) is 9.73. The minimum Gasteiger partial charge on any atom is -0.480 e. The molecule has 10 nitrogen and oxygen atoms in total. The minimum absolute atomic E-state index is 0. The van der Waals surface area contributed by atoms with Gasteiger partial charge in [-0.25, -0.2) is 0 Å². The molecule has 0 aliphatic heterocycles. The van der Waals surface area contributed by atoms with Gasteiger partial charge in [-0.1, -0.05) is 0 Å². The van der Waals surface area contributed by atoms with Gasteiger partial charge < -0.3 is 20.4 Å². The maximum absolute atomic E-state index is 10.6. The largest absolute Gasteiger partial charge is 0.480 e. The summed E-state index contributed by atoms with van der Waals surface area (Å²) in [4.78, 5) is 44.4. The zero-order valence-electron chi connectivity index (χ0n) is 11.9. The van der Waals surface area contributed by atoms with Crippen molar-refractivity contribution >= 4 is 53.4 Å². The Bertz CT molecular complexity index is 327. The van der Waals surface area contributed by atoms with Crippen LogP contribution in [-0.2, 0) is 36.0 Å². The summed E-state index contributed by atoms with van der Waals surface area (Å²) in [6.07, 6.45) is 0. The molecule has 0 atom stereocenters. The first-order chi connectivity index (χ1) is 9.20. The first kappa shape index (κ1) is 26.2. The van der Waals surface area contributed by atoms with E-state index in [-0.39, 0.29) is 59.4 Å². The fraction of sp³-hybridized carbons (Fsp3) is 0.600. The summed E-state index contributed by atoms with van der Waals surface area (Å²) in [6, 6.07) is 0. The van der Waals surface area contributed by atoms with Crippen molar-refractivity contribution in [3.8, 4) is 0 Å². The van der Waals surface area contributed by atoms with Crippen LogP contribution in [0.2, 0.25) is 0 Å². The molecule has 0 spiro atoms. The van der Waals surface area contributed by atoms with Crippen molar-refractivity contribution in [1.82, 2.24) is 9.80 Å². The summed E-state index contributed by atoms with van der Waals surface area (Å²) in [5.74, 6) is -4.91. The number of hydrogen-bond donors (Lipinski definition) is 4. The molecule has 124 valence electrons. The van der Waals surface area contributed by atoms with Crippen molar-refractivity contribution in [1.29, 1.82) is 0 Å². The Morgan fingerprint density at radius 2 is 0.773 bits per heavy atom. The van der Waals surface area contributed by atoms with E-state index in [1.54, 1.807) is 0 Å². The molecule has 22 heavy (non-hydrogen) atoms. The molecule has 0 fully saturated rings. The van der Waals surface area contributed by atoms with Gasteiger partial charge in [0.05, 0.1) is 26.2 Å². The number of aliphatic carboxylic acids is 4. The standard InChI is InChI=1S/C10H16N2O8.Co.Na/c13-7(14)3-11(4-8(15)16)1-2-12(5-9(17)18)6-10(19)20;;/h1-6H2,(H,13,14)(H,15,16)(H,17,18)(H,19,20);;. The van der Waals surface area contributed by atoms with Gasteiger partial charge in [-0.15, -0.1) is 0 Å². The first-order valence-corrected chi connectivity index (χ1v) is 5.52. The van der Waals surface area contributed by atoms with Gasteiger partial charge in [0.15, 0.2) is 0 Å². The van der Waals surface area contributed by atoms with E-state index in [0.29, 0.717) is 0 Å². The molecule has 0 amide bonds. The third-order valence-electron chi connectivity index (χ3n) is 2.17. The predicted octanol–water partition coefficient (Wildman–Crippen LogP) is -2.45. The van der Waals surface area contributed by atoms with E-state index in [9.17, 15) is 19.2 Å². The Balaban J connectivity index is -0.00000180. The molecule has 0 saturated heterocycles. The Labute approximate surface area is 158 Å². The van der Waals surface area contributed by atoms with Gasteiger partial charge in [-0.2, -0.15) is 0 Å². The molecule has 0 heterocycles. The van der Waals surface area contributed by atoms with Gasteiger partial charge in [0.2, 0.25) is 0 Å². The van der Waals surface area contributed by atoms with Gasteiger partial charge in [-0.3, -0.25) is 29.0 Å². The van der Waals surface area contributed by atoms with Gasteiger partial charge in [0, 0.05) is 59.4 Å². The number of nitrogens with zero attached hydrogens (tertiary/aromatic N) is 2. The van der Waals surface area contributed by atoms with E-state index < -0.39 is 50.1 Å². The fourth-order valence-corrected chi connectivity index (χ4v) is 1.48. The second-order valence-corrected chi connectivity index (χ2v) is 4.00. The summed E-state index contributed by atoms with van der Waals surface area (Å²) < 4.78 is 0. The van der Waals surface area contributed by atoms with Crippen LogP contribution in [0.1, 0.15) is 0 Å². The average Bonchev–Trinajstić information content (AvgIpc) is 2.22. The minimum atomic E-state index is -1.23. The number of hydrogen-bond acceptors (Lipinski definition) is 6. The maximum Gasteiger partial charge on any atom is 0.317 e. The van der Waals surface area contributed by atoms with Crippen molar-refractivity contribution in [3.05, 3.63) is 0 Å². The smallest absolute Gasteiger partial charge is 0.317 e. The van der Waals surface area contributed by atoms with Crippen LogP contribution in [0.4, 0.5) is 0 Å². The first-order valence-electron chi connectivity index (χ1n) is 5.52. The summed E-state index contributed by atoms with van der Waals surface area (Å²) >= 11 is 0. The molecule has 0 aromatic heterocycles. The van der Waals surface area contributed by atoms with Gasteiger partial charge in [0.1, 0.15) is 0 Å². The molecular formula is C10H16CoN2NaO8. The van der Waals surface area contributed by atoms with Crippen LogP contribution >= 0.6 is 0 Å². The van der Waals surface area contributed by atoms with Crippen molar-refractivity contribution in [2.45, 2.75) is 0 Å². The Hall–Kier alpha value is -0.694. The Kier molecular flexibility index (Phi) is 16.6. The molecule has 0 unspecified atom stereocenters. The van der Waals surface area contributed by atoms with Gasteiger partial charge in [-0.05, 0) is 0 Å². The summed E-state index contributed by atoms with van der Waals surface area (Å²) in [5, 5.41) is 34.5. The Morgan fingerprint density at radius 3 is 0.909 bits per heavy atom. The van der Waals surface area contributed by atoms with Crippen molar-refractivity contribution in [2.75, 3.05) is 39.3 Å². The van der Waals surface area contributed by atoms with E-state index in [4.69, 9.17) is 20.4 Å². The van der Waals surface area contributed by atoms with E-state index in [0.717, 1.165) is 9.80 Å². The van der Waals surface area contributed by atoms with Crippen LogP contribution in [0.3, 0.4) is 0 Å². The zero-order valence-corrected chi connectivity index (χ0v) is 14.9. The second-order valence-electron chi connectivity index (χ2n) is 4.00. The monoisotopic (exact) mass is 374 g/mol. The number of carboxylic acids is 4. The van der Waals surface area contributed by atoms with E-state index >= 15 is 0 Å². The number of carbonyl (C=O) groups is 4. The van der Waals surface area contributed by atoms with Crippen LogP contribution in [-0.4, -0.2) is 123 Å². The molecule has 12 heteroatoms. The summed E-state index contributed by atoms with van der Waals surface area (Å²) in [7, 11) is 0. The van der Waals surface area contributed by atoms with E-state index in [1.807, 2.05) is 0 Å². The molecular weight excluding hydrogens is 358 g/mol. The molecule has 4 N–H and O–H groups in total. The zero-order chi connectivity index (χ0) is 15.7. The van der Waals surface area contributed by atoms with E-state index in [1.165, 1.54) is 0 Å². The fourth-order valence-electron chi connectivity index (χ4n) is 1.48. The van der Waals surface area contributed by atoms with Crippen molar-refractivity contribution in [2.24, 2.45) is 0 Å². The third kappa shape index (κ3) is 15.7. The van der Waals surface area contributed by atoms with Crippen molar-refractivity contribution < 1.29 is 56.4 Å².